The zero-order valence-corrected chi connectivity index (χ0v) is 26.6. The molecule has 0 saturated heterocycles. The van der Waals surface area contributed by atoms with E-state index in [2.05, 4.69) is 96.0 Å². The van der Waals surface area contributed by atoms with Crippen LogP contribution in [0.1, 0.15) is 44.7 Å². The van der Waals surface area contributed by atoms with Gasteiger partial charge in [-0.05, 0) is 82.5 Å². The van der Waals surface area contributed by atoms with Crippen molar-refractivity contribution in [2.75, 3.05) is 0 Å². The average Bonchev–Trinajstić information content (AvgIpc) is 3.63. The number of benzene rings is 5. The van der Waals surface area contributed by atoms with Crippen LogP contribution in [0.15, 0.2) is 103 Å². The van der Waals surface area contributed by atoms with Crippen LogP contribution in [0.25, 0.3) is 71.2 Å². The molecule has 230 valence electrons. The number of pyridine rings is 2. The molecule has 5 heteroatoms. The monoisotopic (exact) mass is 617 g/mol. The molecule has 9 rings (SSSR count). The van der Waals surface area contributed by atoms with Crippen molar-refractivity contribution in [3.8, 4) is 16.8 Å². The van der Waals surface area contributed by atoms with E-state index in [1.807, 2.05) is 18.2 Å². The molecule has 1 aliphatic carbocycles. The summed E-state index contributed by atoms with van der Waals surface area (Å²) in [4.78, 5) is 8.86. The molecule has 3 aromatic heterocycles. The number of aryl methyl sites for hydroxylation is 1. The van der Waals surface area contributed by atoms with Gasteiger partial charge < -0.3 is 4.57 Å². The summed E-state index contributed by atoms with van der Waals surface area (Å²) < 4.78 is 31.8. The van der Waals surface area contributed by atoms with Crippen molar-refractivity contribution < 1.29 is 8.78 Å². The molecule has 3 nitrogen and oxygen atoms in total. The van der Waals surface area contributed by atoms with Crippen molar-refractivity contribution in [2.45, 2.75) is 45.4 Å². The highest BCUT2D eigenvalue weighted by Crippen LogP contribution is 2.48. The van der Waals surface area contributed by atoms with Crippen LogP contribution in [0, 0.1) is 17.6 Å². The normalized spacial score (nSPS) is 16.4. The number of halogens is 2. The number of hydrogen-bond donors (Lipinski definition) is 0. The lowest BCUT2D eigenvalue weighted by Gasteiger charge is -2.34. The van der Waals surface area contributed by atoms with Gasteiger partial charge in [-0.25, -0.2) is 8.78 Å². The van der Waals surface area contributed by atoms with Gasteiger partial charge in [-0.3, -0.25) is 9.97 Å². The van der Waals surface area contributed by atoms with E-state index < -0.39 is 11.6 Å². The third-order valence-electron chi connectivity index (χ3n) is 11.0. The molecule has 0 amide bonds. The maximum atomic E-state index is 15.0. The average molecular weight is 618 g/mol. The van der Waals surface area contributed by atoms with Crippen LogP contribution in [-0.2, 0) is 11.8 Å². The van der Waals surface area contributed by atoms with E-state index >= 15 is 0 Å². The van der Waals surface area contributed by atoms with Crippen LogP contribution < -0.4 is 0 Å². The molecule has 1 unspecified atom stereocenters. The van der Waals surface area contributed by atoms with Crippen LogP contribution in [0.2, 0.25) is 0 Å². The maximum Gasteiger partial charge on any atom is 0.142 e. The maximum absolute atomic E-state index is 15.0. The van der Waals surface area contributed by atoms with Crippen molar-refractivity contribution in [1.29, 1.82) is 0 Å². The quantitative estimate of drug-likeness (QED) is 0.184. The summed E-state index contributed by atoms with van der Waals surface area (Å²) in [6.07, 6.45) is 5.82. The van der Waals surface area contributed by atoms with Gasteiger partial charge in [-0.1, -0.05) is 87.5 Å². The molecule has 3 heterocycles. The summed E-state index contributed by atoms with van der Waals surface area (Å²) in [5, 5.41) is 5.61. The lowest BCUT2D eigenvalue weighted by molar-refractivity contribution is 0.294. The Morgan fingerprint density at radius 2 is 1.47 bits per heavy atom. The Morgan fingerprint density at radius 3 is 2.30 bits per heavy atom. The minimum Gasteiger partial charge on any atom is -0.308 e. The molecule has 1 aliphatic rings. The van der Waals surface area contributed by atoms with Gasteiger partial charge in [-0.15, -0.1) is 0 Å². The van der Waals surface area contributed by atoms with Gasteiger partial charge in [0.2, 0.25) is 0 Å². The van der Waals surface area contributed by atoms with Crippen LogP contribution >= 0.6 is 0 Å². The zero-order valence-electron chi connectivity index (χ0n) is 26.6. The number of hydrogen-bond acceptors (Lipinski definition) is 2. The molecular formula is C42H33F2N3. The van der Waals surface area contributed by atoms with Gasteiger partial charge in [0.15, 0.2) is 0 Å². The van der Waals surface area contributed by atoms with E-state index in [1.54, 1.807) is 0 Å². The predicted molar refractivity (Wildman–Crippen MR) is 189 cm³/mol. The van der Waals surface area contributed by atoms with Gasteiger partial charge in [0.1, 0.15) is 11.6 Å². The van der Waals surface area contributed by atoms with Crippen LogP contribution in [0.5, 0.6) is 0 Å². The van der Waals surface area contributed by atoms with Crippen molar-refractivity contribution in [2.24, 2.45) is 5.92 Å². The summed E-state index contributed by atoms with van der Waals surface area (Å²) in [5.41, 5.74) is 9.31. The highest BCUT2D eigenvalue weighted by atomic mass is 19.1. The van der Waals surface area contributed by atoms with Crippen LogP contribution in [0.4, 0.5) is 8.78 Å². The Labute approximate surface area is 271 Å². The lowest BCUT2D eigenvalue weighted by Crippen LogP contribution is -2.28. The molecule has 0 saturated carbocycles. The molecule has 0 bridgehead atoms. The summed E-state index contributed by atoms with van der Waals surface area (Å²) in [6, 6.07) is 31.3. The van der Waals surface area contributed by atoms with Gasteiger partial charge in [0, 0.05) is 26.9 Å². The highest BCUT2D eigenvalue weighted by Gasteiger charge is 2.39. The Hall–Kier alpha value is -5.16. The van der Waals surface area contributed by atoms with E-state index in [9.17, 15) is 8.78 Å². The Morgan fingerprint density at radius 1 is 0.723 bits per heavy atom. The Balaban J connectivity index is 1.38. The van der Waals surface area contributed by atoms with Crippen LogP contribution in [-0.4, -0.2) is 14.5 Å². The third-order valence-corrected chi connectivity index (χ3v) is 11.0. The molecular weight excluding hydrogens is 584 g/mol. The lowest BCUT2D eigenvalue weighted by atomic mass is 9.70. The second-order valence-electron chi connectivity index (χ2n) is 13.5. The van der Waals surface area contributed by atoms with E-state index in [1.165, 1.54) is 47.6 Å². The molecule has 1 atom stereocenters. The largest absolute Gasteiger partial charge is 0.308 e. The molecule has 0 radical (unpaired) electrons. The first-order chi connectivity index (χ1) is 22.9. The van der Waals surface area contributed by atoms with Gasteiger partial charge in [0.05, 0.1) is 40.1 Å². The molecule has 0 N–H and O–H groups in total. The molecule has 0 spiro atoms. The van der Waals surface area contributed by atoms with Crippen molar-refractivity contribution in [3.63, 3.8) is 0 Å². The van der Waals surface area contributed by atoms with Crippen LogP contribution in [0.3, 0.4) is 0 Å². The fraction of sp³-hybridized carbons (Fsp3) is 0.190. The minimum absolute atomic E-state index is 0.236. The van der Waals surface area contributed by atoms with Gasteiger partial charge >= 0.3 is 0 Å². The summed E-state index contributed by atoms with van der Waals surface area (Å²) >= 11 is 0. The standard InChI is InChI=1S/C42H33F2N3/c1-4-42(24(2)3)16-15-28-17-26(11-14-36(28)42)27-10-12-33-34-13-9-25-7-5-6-8-32(25)41(34)47(37(33)19-27)38-20-29-18-30(43)22-45-39(29)40-35(38)21-31(44)23-46-40/h5-14,17-24H,4,15-16H2,1-3H3. The number of aromatic nitrogens is 3. The van der Waals surface area contributed by atoms with Gasteiger partial charge in [-0.2, -0.15) is 0 Å². The topological polar surface area (TPSA) is 30.7 Å². The van der Waals surface area contributed by atoms with Crippen molar-refractivity contribution >= 4 is 54.4 Å². The number of fused-ring (bicyclic) bond motifs is 9. The molecule has 0 fully saturated rings. The fourth-order valence-electron chi connectivity index (χ4n) is 8.54. The summed E-state index contributed by atoms with van der Waals surface area (Å²) in [6.45, 7) is 7.03. The predicted octanol–water partition coefficient (Wildman–Crippen LogP) is 11.2. The van der Waals surface area contributed by atoms with E-state index in [4.69, 9.17) is 0 Å². The molecule has 8 aromatic rings. The minimum atomic E-state index is -0.436. The number of nitrogens with zero attached hydrogens (tertiary/aromatic N) is 3. The smallest absolute Gasteiger partial charge is 0.142 e. The zero-order chi connectivity index (χ0) is 32.0. The molecule has 5 aromatic carbocycles. The fourth-order valence-corrected chi connectivity index (χ4v) is 8.54. The molecule has 0 aliphatic heterocycles. The van der Waals surface area contributed by atoms with Crippen molar-refractivity contribution in [1.82, 2.24) is 14.5 Å². The third kappa shape index (κ3) is 4.02. The number of rotatable bonds is 4. The highest BCUT2D eigenvalue weighted by molar-refractivity contribution is 6.20. The Bertz CT molecular complexity index is 2580. The van der Waals surface area contributed by atoms with E-state index in [0.717, 1.165) is 56.7 Å². The Kier molecular flexibility index (Phi) is 6.08. The second-order valence-corrected chi connectivity index (χ2v) is 13.5. The first-order valence-electron chi connectivity index (χ1n) is 16.5. The first kappa shape index (κ1) is 28.1. The van der Waals surface area contributed by atoms with E-state index in [0.29, 0.717) is 27.7 Å². The second kappa shape index (κ2) is 10.2. The SMILES string of the molecule is CCC1(C(C)C)CCc2cc(-c3ccc4c5ccc6ccccc6c5n(-c5cc6cc(F)cnc6c6ncc(F)cc56)c4c3)ccc21. The first-order valence-corrected chi connectivity index (χ1v) is 16.5. The summed E-state index contributed by atoms with van der Waals surface area (Å²) in [5.74, 6) is -0.281. The van der Waals surface area contributed by atoms with Gasteiger partial charge in [0.25, 0.3) is 0 Å². The van der Waals surface area contributed by atoms with E-state index in [-0.39, 0.29) is 5.41 Å². The van der Waals surface area contributed by atoms with Crippen molar-refractivity contribution in [3.05, 3.63) is 126 Å². The summed E-state index contributed by atoms with van der Waals surface area (Å²) in [7, 11) is 0. The molecule has 47 heavy (non-hydrogen) atoms.